The van der Waals surface area contributed by atoms with E-state index in [4.69, 9.17) is 9.15 Å². The van der Waals surface area contributed by atoms with Crippen LogP contribution in [0.1, 0.15) is 28.8 Å². The summed E-state index contributed by atoms with van der Waals surface area (Å²) < 4.78 is 10.8. The average molecular weight is 304 g/mol. The number of ether oxygens (including phenoxy) is 1. The number of nitrogens with zero attached hydrogens (tertiary/aromatic N) is 1. The first-order valence-corrected chi connectivity index (χ1v) is 6.76. The zero-order valence-electron chi connectivity index (χ0n) is 12.3. The lowest BCUT2D eigenvalue weighted by Gasteiger charge is -2.05. The number of nitro benzene ring substituents is 1. The summed E-state index contributed by atoms with van der Waals surface area (Å²) in [6.45, 7) is 4.08. The zero-order chi connectivity index (χ0) is 16.1. The van der Waals surface area contributed by atoms with Crippen LogP contribution in [0, 0.1) is 17.0 Å². The van der Waals surface area contributed by atoms with Crippen LogP contribution in [0.2, 0.25) is 0 Å². The second-order valence-electron chi connectivity index (χ2n) is 4.64. The first-order valence-electron chi connectivity index (χ1n) is 6.76. The molecule has 0 atom stereocenters. The SMILES string of the molecule is CCNC(=O)c1ccc(COc2ccc(C)cc2[N+](=O)[O-])o1. The van der Waals surface area contributed by atoms with E-state index in [0.29, 0.717) is 12.3 Å². The van der Waals surface area contributed by atoms with Gasteiger partial charge in [0.1, 0.15) is 12.4 Å². The molecule has 0 aliphatic carbocycles. The molecule has 22 heavy (non-hydrogen) atoms. The first kappa shape index (κ1) is 15.6. The number of benzene rings is 1. The molecule has 1 aromatic carbocycles. The molecule has 0 radical (unpaired) electrons. The molecule has 0 fully saturated rings. The van der Waals surface area contributed by atoms with Crippen molar-refractivity contribution in [2.45, 2.75) is 20.5 Å². The maximum absolute atomic E-state index is 11.6. The molecule has 0 aliphatic rings. The van der Waals surface area contributed by atoms with Gasteiger partial charge in [0.05, 0.1) is 4.92 Å². The van der Waals surface area contributed by atoms with Crippen molar-refractivity contribution in [3.63, 3.8) is 0 Å². The van der Waals surface area contributed by atoms with Gasteiger partial charge in [0.25, 0.3) is 5.91 Å². The molecular formula is C15H16N2O5. The molecule has 2 aromatic rings. The van der Waals surface area contributed by atoms with E-state index >= 15 is 0 Å². The molecule has 1 aromatic heterocycles. The monoisotopic (exact) mass is 304 g/mol. The van der Waals surface area contributed by atoms with E-state index in [1.807, 2.05) is 0 Å². The van der Waals surface area contributed by atoms with E-state index < -0.39 is 4.92 Å². The third-order valence-electron chi connectivity index (χ3n) is 2.90. The Bertz CT molecular complexity index is 693. The van der Waals surface area contributed by atoms with Gasteiger partial charge in [-0.3, -0.25) is 14.9 Å². The van der Waals surface area contributed by atoms with Crippen molar-refractivity contribution in [3.8, 4) is 5.75 Å². The molecule has 0 aliphatic heterocycles. The van der Waals surface area contributed by atoms with Crippen LogP contribution in [0.5, 0.6) is 5.75 Å². The zero-order valence-corrected chi connectivity index (χ0v) is 12.3. The highest BCUT2D eigenvalue weighted by Gasteiger charge is 2.16. The second kappa shape index (κ2) is 6.75. The Morgan fingerprint density at radius 2 is 2.14 bits per heavy atom. The normalized spacial score (nSPS) is 10.3. The Balaban J connectivity index is 2.08. The van der Waals surface area contributed by atoms with Gasteiger partial charge in [0, 0.05) is 12.6 Å². The number of nitro groups is 1. The fourth-order valence-electron chi connectivity index (χ4n) is 1.87. The molecule has 1 heterocycles. The lowest BCUT2D eigenvalue weighted by molar-refractivity contribution is -0.386. The summed E-state index contributed by atoms with van der Waals surface area (Å²) >= 11 is 0. The predicted octanol–water partition coefficient (Wildman–Crippen LogP) is 2.82. The number of rotatable bonds is 6. The van der Waals surface area contributed by atoms with Crippen molar-refractivity contribution in [1.82, 2.24) is 5.32 Å². The minimum Gasteiger partial charge on any atom is -0.479 e. The summed E-state index contributed by atoms with van der Waals surface area (Å²) in [6, 6.07) is 7.85. The topological polar surface area (TPSA) is 94.6 Å². The maximum Gasteiger partial charge on any atom is 0.311 e. The van der Waals surface area contributed by atoms with Gasteiger partial charge in [-0.15, -0.1) is 0 Å². The molecule has 7 heteroatoms. The van der Waals surface area contributed by atoms with E-state index in [1.54, 1.807) is 32.0 Å². The molecular weight excluding hydrogens is 288 g/mol. The predicted molar refractivity (Wildman–Crippen MR) is 78.9 cm³/mol. The number of hydrogen-bond acceptors (Lipinski definition) is 5. The molecule has 0 spiro atoms. The fourth-order valence-corrected chi connectivity index (χ4v) is 1.87. The lowest BCUT2D eigenvalue weighted by atomic mass is 10.2. The Morgan fingerprint density at radius 1 is 1.36 bits per heavy atom. The molecule has 1 N–H and O–H groups in total. The van der Waals surface area contributed by atoms with Crippen LogP contribution in [-0.4, -0.2) is 17.4 Å². The summed E-state index contributed by atoms with van der Waals surface area (Å²) in [5.41, 5.74) is 0.672. The third kappa shape index (κ3) is 3.63. The van der Waals surface area contributed by atoms with Crippen molar-refractivity contribution in [2.75, 3.05) is 6.54 Å². The summed E-state index contributed by atoms with van der Waals surface area (Å²) in [5.74, 6) is 0.441. The standard InChI is InChI=1S/C15H16N2O5/c1-3-16-15(18)14-7-5-11(22-14)9-21-13-6-4-10(2)8-12(13)17(19)20/h4-8H,3,9H2,1-2H3,(H,16,18). The van der Waals surface area contributed by atoms with Crippen LogP contribution in [-0.2, 0) is 6.61 Å². The van der Waals surface area contributed by atoms with E-state index in [9.17, 15) is 14.9 Å². The highest BCUT2D eigenvalue weighted by molar-refractivity contribution is 5.91. The van der Waals surface area contributed by atoms with Crippen LogP contribution in [0.25, 0.3) is 0 Å². The Morgan fingerprint density at radius 3 is 2.82 bits per heavy atom. The fraction of sp³-hybridized carbons (Fsp3) is 0.267. The highest BCUT2D eigenvalue weighted by atomic mass is 16.6. The largest absolute Gasteiger partial charge is 0.479 e. The quantitative estimate of drug-likeness (QED) is 0.654. The van der Waals surface area contributed by atoms with Gasteiger partial charge in [-0.1, -0.05) is 6.07 Å². The molecule has 116 valence electrons. The van der Waals surface area contributed by atoms with E-state index in [-0.39, 0.29) is 29.7 Å². The van der Waals surface area contributed by atoms with Gasteiger partial charge in [-0.05, 0) is 37.6 Å². The van der Waals surface area contributed by atoms with Crippen molar-refractivity contribution >= 4 is 11.6 Å². The van der Waals surface area contributed by atoms with E-state index in [2.05, 4.69) is 5.32 Å². The number of carbonyl (C=O) groups is 1. The van der Waals surface area contributed by atoms with Crippen LogP contribution < -0.4 is 10.1 Å². The number of hydrogen-bond donors (Lipinski definition) is 1. The van der Waals surface area contributed by atoms with Crippen molar-refractivity contribution in [3.05, 3.63) is 57.5 Å². The molecule has 1 amide bonds. The number of amides is 1. The second-order valence-corrected chi connectivity index (χ2v) is 4.64. The molecule has 7 nitrogen and oxygen atoms in total. The summed E-state index contributed by atoms with van der Waals surface area (Å²) in [6.07, 6.45) is 0. The first-order chi connectivity index (χ1) is 10.5. The van der Waals surface area contributed by atoms with Crippen molar-refractivity contribution in [1.29, 1.82) is 0 Å². The number of furan rings is 1. The summed E-state index contributed by atoms with van der Waals surface area (Å²) in [4.78, 5) is 22.1. The summed E-state index contributed by atoms with van der Waals surface area (Å²) in [7, 11) is 0. The van der Waals surface area contributed by atoms with Gasteiger partial charge in [-0.2, -0.15) is 0 Å². The number of carbonyl (C=O) groups excluding carboxylic acids is 1. The third-order valence-corrected chi connectivity index (χ3v) is 2.90. The van der Waals surface area contributed by atoms with Crippen molar-refractivity contribution < 1.29 is 18.9 Å². The summed E-state index contributed by atoms with van der Waals surface area (Å²) in [5, 5.41) is 13.6. The van der Waals surface area contributed by atoms with Crippen LogP contribution in [0.3, 0.4) is 0 Å². The van der Waals surface area contributed by atoms with Gasteiger partial charge in [0.2, 0.25) is 0 Å². The van der Waals surface area contributed by atoms with Crippen LogP contribution >= 0.6 is 0 Å². The smallest absolute Gasteiger partial charge is 0.311 e. The number of aryl methyl sites for hydroxylation is 1. The van der Waals surface area contributed by atoms with Crippen LogP contribution in [0.15, 0.2) is 34.7 Å². The molecule has 0 saturated carbocycles. The highest BCUT2D eigenvalue weighted by Crippen LogP contribution is 2.28. The molecule has 0 bridgehead atoms. The average Bonchev–Trinajstić information content (AvgIpc) is 2.95. The molecule has 2 rings (SSSR count). The van der Waals surface area contributed by atoms with Gasteiger partial charge >= 0.3 is 5.69 Å². The van der Waals surface area contributed by atoms with Gasteiger partial charge in [-0.25, -0.2) is 0 Å². The van der Waals surface area contributed by atoms with E-state index in [1.165, 1.54) is 12.1 Å². The number of nitrogens with one attached hydrogen (secondary N) is 1. The molecule has 0 unspecified atom stereocenters. The van der Waals surface area contributed by atoms with Crippen molar-refractivity contribution in [2.24, 2.45) is 0 Å². The Kier molecular flexibility index (Phi) is 4.77. The maximum atomic E-state index is 11.6. The Hall–Kier alpha value is -2.83. The lowest BCUT2D eigenvalue weighted by Crippen LogP contribution is -2.21. The van der Waals surface area contributed by atoms with Crippen LogP contribution in [0.4, 0.5) is 5.69 Å². The Labute approximate surface area is 127 Å². The minimum atomic E-state index is -0.495. The molecule has 0 saturated heterocycles. The van der Waals surface area contributed by atoms with Gasteiger partial charge in [0.15, 0.2) is 11.5 Å². The minimum absolute atomic E-state index is 0.00328. The van der Waals surface area contributed by atoms with E-state index in [0.717, 1.165) is 5.56 Å². The van der Waals surface area contributed by atoms with Gasteiger partial charge < -0.3 is 14.5 Å².